The Kier molecular flexibility index (Phi) is 7.27. The number of hydrogen-bond donors (Lipinski definition) is 0. The Morgan fingerprint density at radius 2 is 1.42 bits per heavy atom. The molecule has 0 aromatic rings. The zero-order valence-electron chi connectivity index (χ0n) is 23.5. The number of hydrogen-bond acceptors (Lipinski definition) is 0. The Morgan fingerprint density at radius 3 is 1.88 bits per heavy atom. The molecule has 0 saturated heterocycles. The first-order chi connectivity index (χ1) is 15.6. The molecule has 1 heteroatoms. The van der Waals surface area contributed by atoms with E-state index in [9.17, 15) is 0 Å². The molecule has 3 aliphatic carbocycles. The van der Waals surface area contributed by atoms with E-state index in [0.717, 1.165) is 3.63 Å². The Labute approximate surface area is 202 Å². The molecule has 0 N–H and O–H groups in total. The van der Waals surface area contributed by atoms with E-state index in [1.54, 1.807) is 0 Å². The molecule has 3 aliphatic rings. The summed E-state index contributed by atoms with van der Waals surface area (Å²) in [5.41, 5.74) is 2.20. The third kappa shape index (κ3) is 3.94. The van der Waals surface area contributed by atoms with E-state index in [2.05, 4.69) is 80.3 Å². The van der Waals surface area contributed by atoms with Gasteiger partial charge in [0.1, 0.15) is 0 Å². The van der Waals surface area contributed by atoms with Gasteiger partial charge >= 0.3 is 203 Å². The van der Waals surface area contributed by atoms with E-state index in [-0.39, 0.29) is 0 Å². The zero-order valence-corrected chi connectivity index (χ0v) is 26.0. The fraction of sp³-hybridized carbons (Fsp3) is 0.750. The van der Waals surface area contributed by atoms with Crippen molar-refractivity contribution < 1.29 is 15.8 Å². The average Bonchev–Trinajstić information content (AvgIpc) is 3.53. The first-order valence-electron chi connectivity index (χ1n) is 15.0. The minimum absolute atomic E-state index is 0.291. The SMILES string of the molecule is CCC[CH2][Zr]([CH3])([CH3])([CH2]CCC)([CH2]CCC)([C]1=CC=CC1)[CH]1CCC2C=CC(CC)(CC)C=C21. The molecule has 0 radical (unpaired) electrons. The molecule has 2 unspecified atom stereocenters. The predicted molar refractivity (Wildman–Crippen MR) is 149 cm³/mol. The van der Waals surface area contributed by atoms with Crippen LogP contribution in [0, 0.1) is 11.3 Å². The van der Waals surface area contributed by atoms with Gasteiger partial charge in [-0.05, 0) is 0 Å². The summed E-state index contributed by atoms with van der Waals surface area (Å²) in [7, 11) is 0. The number of allylic oxidation sites excluding steroid dienone is 8. The van der Waals surface area contributed by atoms with Crippen LogP contribution in [0.3, 0.4) is 0 Å². The molecule has 0 aliphatic heterocycles. The number of fused-ring (bicyclic) bond motifs is 1. The van der Waals surface area contributed by atoms with Crippen LogP contribution < -0.4 is 0 Å². The minimum atomic E-state index is -4.52. The molecule has 189 valence electrons. The van der Waals surface area contributed by atoms with Gasteiger partial charge in [0.2, 0.25) is 0 Å². The van der Waals surface area contributed by atoms with Crippen LogP contribution in [-0.2, 0) is 15.8 Å². The van der Waals surface area contributed by atoms with Gasteiger partial charge in [0.15, 0.2) is 0 Å². The number of rotatable bonds is 13. The van der Waals surface area contributed by atoms with Crippen molar-refractivity contribution >= 4 is 0 Å². The van der Waals surface area contributed by atoms with Crippen molar-refractivity contribution in [1.29, 1.82) is 0 Å². The summed E-state index contributed by atoms with van der Waals surface area (Å²) < 4.78 is 13.4. The zero-order chi connectivity index (χ0) is 24.3. The van der Waals surface area contributed by atoms with Gasteiger partial charge in [0.25, 0.3) is 0 Å². The molecular weight excluding hydrogens is 476 g/mol. The molecule has 2 atom stereocenters. The molecule has 0 aromatic heterocycles. The quantitative estimate of drug-likeness (QED) is 0.207. The van der Waals surface area contributed by atoms with Gasteiger partial charge in [-0.3, -0.25) is 0 Å². The van der Waals surface area contributed by atoms with Crippen LogP contribution in [0.4, 0.5) is 0 Å². The van der Waals surface area contributed by atoms with Gasteiger partial charge in [-0.1, -0.05) is 0 Å². The van der Waals surface area contributed by atoms with Gasteiger partial charge in [0, 0.05) is 0 Å². The van der Waals surface area contributed by atoms with E-state index >= 15 is 0 Å². The number of unbranched alkanes of at least 4 members (excludes halogenated alkanes) is 3. The van der Waals surface area contributed by atoms with Crippen LogP contribution in [0.2, 0.25) is 25.3 Å². The molecule has 0 bridgehead atoms. The second-order valence-corrected chi connectivity index (χ2v) is 50.2. The average molecular weight is 533 g/mol. The van der Waals surface area contributed by atoms with Crippen molar-refractivity contribution in [3.8, 4) is 0 Å². The molecule has 3 rings (SSSR count). The van der Waals surface area contributed by atoms with Crippen molar-refractivity contribution in [2.45, 2.75) is 131 Å². The monoisotopic (exact) mass is 531 g/mol. The predicted octanol–water partition coefficient (Wildman–Crippen LogP) is 11.8. The molecule has 33 heavy (non-hydrogen) atoms. The third-order valence-electron chi connectivity index (χ3n) is 12.9. The second-order valence-electron chi connectivity index (χ2n) is 15.1. The van der Waals surface area contributed by atoms with Gasteiger partial charge in [-0.25, -0.2) is 0 Å². The Balaban J connectivity index is 2.39. The molecule has 0 amide bonds. The third-order valence-corrected chi connectivity index (χ3v) is 49.8. The summed E-state index contributed by atoms with van der Waals surface area (Å²) in [6, 6.07) is 0. The Hall–Kier alpha value is -0.157. The van der Waals surface area contributed by atoms with Gasteiger partial charge in [0.05, 0.1) is 0 Å². The van der Waals surface area contributed by atoms with Crippen LogP contribution >= 0.6 is 0 Å². The summed E-state index contributed by atoms with van der Waals surface area (Å²) in [6.45, 7) is 12.1. The standard InChI is InChI=1S/C13H19.C5H5.3C4H9.2CH3.Zr/c1-3-13(4-2)9-8-11-6-5-7-12(11)10-13;1-2-4-5-3-1;3*1-3-4-2;;;/h7-11H,3-6H2,1-2H3;1-3H,4H2;3*1,3-4H2,2H3;2*1H3;. The fourth-order valence-electron chi connectivity index (χ4n) is 10.0. The van der Waals surface area contributed by atoms with E-state index in [1.165, 1.54) is 83.0 Å². The van der Waals surface area contributed by atoms with E-state index in [0.29, 0.717) is 11.3 Å². The van der Waals surface area contributed by atoms with Crippen molar-refractivity contribution in [2.75, 3.05) is 0 Å². The summed E-state index contributed by atoms with van der Waals surface area (Å²) in [6.07, 6.45) is 30.5. The van der Waals surface area contributed by atoms with Crippen molar-refractivity contribution in [3.05, 3.63) is 45.3 Å². The maximum atomic E-state index is 3.04. The van der Waals surface area contributed by atoms with Crippen LogP contribution in [0.25, 0.3) is 0 Å². The van der Waals surface area contributed by atoms with Crippen molar-refractivity contribution in [2.24, 2.45) is 11.3 Å². The Morgan fingerprint density at radius 1 is 0.848 bits per heavy atom. The second kappa shape index (κ2) is 8.75. The van der Waals surface area contributed by atoms with Crippen LogP contribution in [-0.4, -0.2) is 0 Å². The summed E-state index contributed by atoms with van der Waals surface area (Å²) in [4.78, 5) is 0. The van der Waals surface area contributed by atoms with Crippen molar-refractivity contribution in [3.63, 3.8) is 0 Å². The van der Waals surface area contributed by atoms with Gasteiger partial charge in [-0.15, -0.1) is 0 Å². The van der Waals surface area contributed by atoms with Crippen LogP contribution in [0.5, 0.6) is 0 Å². The van der Waals surface area contributed by atoms with Crippen LogP contribution in [0.15, 0.2) is 45.3 Å². The van der Waals surface area contributed by atoms with Crippen molar-refractivity contribution in [1.82, 2.24) is 0 Å². The van der Waals surface area contributed by atoms with Crippen LogP contribution in [0.1, 0.15) is 105 Å². The maximum absolute atomic E-state index is 4.52. The summed E-state index contributed by atoms with van der Waals surface area (Å²) in [5, 5.41) is 0. The molecule has 1 saturated carbocycles. The van der Waals surface area contributed by atoms with E-state index < -0.39 is 15.8 Å². The fourth-order valence-corrected chi connectivity index (χ4v) is 45.2. The first kappa shape index (κ1) is 27.4. The molecule has 0 spiro atoms. The molecule has 0 aromatic carbocycles. The molecular formula is C32H57Zr. The van der Waals surface area contributed by atoms with E-state index in [4.69, 9.17) is 0 Å². The Bertz CT molecular complexity index is 836. The first-order valence-corrected chi connectivity index (χ1v) is 27.8. The van der Waals surface area contributed by atoms with Gasteiger partial charge in [-0.2, -0.15) is 0 Å². The molecule has 0 heterocycles. The summed E-state index contributed by atoms with van der Waals surface area (Å²) in [5.74, 6) is 0.706. The van der Waals surface area contributed by atoms with Gasteiger partial charge < -0.3 is 0 Å². The van der Waals surface area contributed by atoms with E-state index in [1.807, 2.05) is 8.85 Å². The normalized spacial score (nSPS) is 27.3. The summed E-state index contributed by atoms with van der Waals surface area (Å²) >= 11 is -4.52. The molecule has 0 nitrogen and oxygen atoms in total. The molecule has 1 fully saturated rings. The topological polar surface area (TPSA) is 0 Å².